The molecule has 2 N–H and O–H groups in total. The van der Waals surface area contributed by atoms with E-state index in [0.29, 0.717) is 6.04 Å². The van der Waals surface area contributed by atoms with Crippen molar-refractivity contribution in [1.82, 2.24) is 10.6 Å². The summed E-state index contributed by atoms with van der Waals surface area (Å²) in [6.07, 6.45) is 7.03. The molecule has 3 nitrogen and oxygen atoms in total. The molecule has 1 amide bonds. The molecule has 0 aliphatic carbocycles. The smallest absolute Gasteiger partial charge is 0.243 e. The predicted octanol–water partition coefficient (Wildman–Crippen LogP) is 0.821. The molecule has 13 heavy (non-hydrogen) atoms. The van der Waals surface area contributed by atoms with Crippen molar-refractivity contribution in [3.63, 3.8) is 0 Å². The Labute approximate surface area is 79.6 Å². The average molecular weight is 182 g/mol. The zero-order chi connectivity index (χ0) is 9.52. The molecule has 1 rings (SSSR count). The number of piperidine rings is 1. The lowest BCUT2D eigenvalue weighted by molar-refractivity contribution is -0.116. The summed E-state index contributed by atoms with van der Waals surface area (Å²) in [5.41, 5.74) is 0. The van der Waals surface area contributed by atoms with E-state index in [1.165, 1.54) is 19.3 Å². The van der Waals surface area contributed by atoms with E-state index in [1.807, 2.05) is 6.92 Å². The van der Waals surface area contributed by atoms with Crippen molar-refractivity contribution in [2.75, 3.05) is 13.1 Å². The molecule has 1 fully saturated rings. The van der Waals surface area contributed by atoms with E-state index in [-0.39, 0.29) is 5.91 Å². The Kier molecular flexibility index (Phi) is 4.54. The van der Waals surface area contributed by atoms with Gasteiger partial charge >= 0.3 is 0 Å². The van der Waals surface area contributed by atoms with Crippen LogP contribution in [0.5, 0.6) is 0 Å². The summed E-state index contributed by atoms with van der Waals surface area (Å²) < 4.78 is 0. The molecular weight excluding hydrogens is 164 g/mol. The molecule has 1 saturated heterocycles. The van der Waals surface area contributed by atoms with Gasteiger partial charge < -0.3 is 10.6 Å². The molecule has 1 unspecified atom stereocenters. The van der Waals surface area contributed by atoms with Crippen LogP contribution in [-0.4, -0.2) is 25.0 Å². The lowest BCUT2D eigenvalue weighted by Gasteiger charge is -2.23. The van der Waals surface area contributed by atoms with E-state index in [0.717, 1.165) is 13.1 Å². The maximum absolute atomic E-state index is 11.1. The SMILES string of the molecule is CC=CC(=O)NCC1CCCCN1. The summed E-state index contributed by atoms with van der Waals surface area (Å²) in [7, 11) is 0. The minimum absolute atomic E-state index is 0.00914. The Morgan fingerprint density at radius 3 is 3.08 bits per heavy atom. The van der Waals surface area contributed by atoms with Crippen molar-refractivity contribution >= 4 is 5.91 Å². The molecular formula is C10H18N2O. The number of carbonyl (C=O) groups is 1. The van der Waals surface area contributed by atoms with Gasteiger partial charge in [0.2, 0.25) is 5.91 Å². The van der Waals surface area contributed by atoms with E-state index in [2.05, 4.69) is 10.6 Å². The quantitative estimate of drug-likeness (QED) is 0.634. The fraction of sp³-hybridized carbons (Fsp3) is 0.700. The van der Waals surface area contributed by atoms with Crippen LogP contribution in [0.4, 0.5) is 0 Å². The third-order valence-corrected chi connectivity index (χ3v) is 2.25. The van der Waals surface area contributed by atoms with Gasteiger partial charge in [-0.25, -0.2) is 0 Å². The molecule has 0 aromatic rings. The normalized spacial score (nSPS) is 23.3. The van der Waals surface area contributed by atoms with Crippen LogP contribution in [0.15, 0.2) is 12.2 Å². The van der Waals surface area contributed by atoms with Crippen molar-refractivity contribution in [1.29, 1.82) is 0 Å². The monoisotopic (exact) mass is 182 g/mol. The summed E-state index contributed by atoms with van der Waals surface area (Å²) in [5, 5.41) is 6.24. The minimum atomic E-state index is 0.00914. The summed E-state index contributed by atoms with van der Waals surface area (Å²) in [6, 6.07) is 0.475. The Bertz CT molecular complexity index is 183. The lowest BCUT2D eigenvalue weighted by Crippen LogP contribution is -2.43. The van der Waals surface area contributed by atoms with E-state index >= 15 is 0 Å². The van der Waals surface area contributed by atoms with Gasteiger partial charge in [0.15, 0.2) is 0 Å². The zero-order valence-corrected chi connectivity index (χ0v) is 8.18. The maximum atomic E-state index is 11.1. The highest BCUT2D eigenvalue weighted by Gasteiger charge is 2.11. The van der Waals surface area contributed by atoms with Crippen molar-refractivity contribution in [3.8, 4) is 0 Å². The molecule has 0 aromatic heterocycles. The summed E-state index contributed by atoms with van der Waals surface area (Å²) in [5.74, 6) is 0.00914. The van der Waals surface area contributed by atoms with Gasteiger partial charge in [-0.05, 0) is 32.4 Å². The van der Waals surface area contributed by atoms with Crippen LogP contribution in [0, 0.1) is 0 Å². The minimum Gasteiger partial charge on any atom is -0.351 e. The van der Waals surface area contributed by atoms with E-state index < -0.39 is 0 Å². The number of carbonyl (C=O) groups excluding carboxylic acids is 1. The van der Waals surface area contributed by atoms with Crippen LogP contribution in [-0.2, 0) is 4.79 Å². The molecule has 1 atom stereocenters. The van der Waals surface area contributed by atoms with E-state index in [9.17, 15) is 4.79 Å². The van der Waals surface area contributed by atoms with Crippen LogP contribution >= 0.6 is 0 Å². The molecule has 3 heteroatoms. The topological polar surface area (TPSA) is 41.1 Å². The van der Waals surface area contributed by atoms with Crippen molar-refractivity contribution in [2.24, 2.45) is 0 Å². The summed E-state index contributed by atoms with van der Waals surface area (Å²) in [4.78, 5) is 11.1. The first-order valence-corrected chi connectivity index (χ1v) is 4.97. The van der Waals surface area contributed by atoms with Crippen LogP contribution in [0.3, 0.4) is 0 Å². The Hall–Kier alpha value is -0.830. The Balaban J connectivity index is 2.13. The Morgan fingerprint density at radius 1 is 1.62 bits per heavy atom. The second-order valence-corrected chi connectivity index (χ2v) is 3.39. The molecule has 0 aromatic carbocycles. The standard InChI is InChI=1S/C10H18N2O/c1-2-5-10(13)12-8-9-6-3-4-7-11-9/h2,5,9,11H,3-4,6-8H2,1H3,(H,12,13). The third kappa shape index (κ3) is 4.08. The predicted molar refractivity (Wildman–Crippen MR) is 53.5 cm³/mol. The highest BCUT2D eigenvalue weighted by molar-refractivity contribution is 5.87. The van der Waals surface area contributed by atoms with Crippen LogP contribution in [0.25, 0.3) is 0 Å². The summed E-state index contributed by atoms with van der Waals surface area (Å²) >= 11 is 0. The van der Waals surface area contributed by atoms with Gasteiger partial charge in [-0.3, -0.25) is 4.79 Å². The van der Waals surface area contributed by atoms with Gasteiger partial charge in [0.05, 0.1) is 0 Å². The molecule has 0 saturated carbocycles. The maximum Gasteiger partial charge on any atom is 0.243 e. The highest BCUT2D eigenvalue weighted by Crippen LogP contribution is 2.05. The molecule has 74 valence electrons. The molecule has 1 heterocycles. The van der Waals surface area contributed by atoms with Crippen molar-refractivity contribution < 1.29 is 4.79 Å². The molecule has 0 radical (unpaired) electrons. The lowest BCUT2D eigenvalue weighted by atomic mass is 10.1. The number of hydrogen-bond acceptors (Lipinski definition) is 2. The van der Waals surface area contributed by atoms with E-state index in [4.69, 9.17) is 0 Å². The molecule has 0 bridgehead atoms. The first-order valence-electron chi connectivity index (χ1n) is 4.97. The highest BCUT2D eigenvalue weighted by atomic mass is 16.1. The number of amides is 1. The van der Waals surface area contributed by atoms with Crippen LogP contribution in [0.1, 0.15) is 26.2 Å². The third-order valence-electron chi connectivity index (χ3n) is 2.25. The first kappa shape index (κ1) is 10.3. The van der Waals surface area contributed by atoms with Gasteiger partial charge in [0, 0.05) is 12.6 Å². The molecule has 1 aliphatic rings. The molecule has 1 aliphatic heterocycles. The fourth-order valence-corrected chi connectivity index (χ4v) is 1.53. The second-order valence-electron chi connectivity index (χ2n) is 3.39. The van der Waals surface area contributed by atoms with Gasteiger partial charge in [0.1, 0.15) is 0 Å². The number of allylic oxidation sites excluding steroid dienone is 1. The van der Waals surface area contributed by atoms with Crippen molar-refractivity contribution in [2.45, 2.75) is 32.2 Å². The summed E-state index contributed by atoms with van der Waals surface area (Å²) in [6.45, 7) is 3.69. The van der Waals surface area contributed by atoms with Crippen LogP contribution < -0.4 is 10.6 Å². The average Bonchev–Trinajstić information content (AvgIpc) is 2.17. The number of nitrogens with one attached hydrogen (secondary N) is 2. The van der Waals surface area contributed by atoms with Gasteiger partial charge in [-0.1, -0.05) is 12.5 Å². The van der Waals surface area contributed by atoms with Crippen LogP contribution in [0.2, 0.25) is 0 Å². The largest absolute Gasteiger partial charge is 0.351 e. The molecule has 0 spiro atoms. The van der Waals surface area contributed by atoms with E-state index in [1.54, 1.807) is 12.2 Å². The zero-order valence-electron chi connectivity index (χ0n) is 8.18. The fourth-order valence-electron chi connectivity index (χ4n) is 1.53. The Morgan fingerprint density at radius 2 is 2.46 bits per heavy atom. The van der Waals surface area contributed by atoms with Gasteiger partial charge in [-0.15, -0.1) is 0 Å². The van der Waals surface area contributed by atoms with Crippen molar-refractivity contribution in [3.05, 3.63) is 12.2 Å². The number of rotatable bonds is 3. The second kappa shape index (κ2) is 5.75. The van der Waals surface area contributed by atoms with Gasteiger partial charge in [-0.2, -0.15) is 0 Å². The number of hydrogen-bond donors (Lipinski definition) is 2. The first-order chi connectivity index (χ1) is 6.33. The van der Waals surface area contributed by atoms with Gasteiger partial charge in [0.25, 0.3) is 0 Å².